The molecule has 1 heterocycles. The fourth-order valence-corrected chi connectivity index (χ4v) is 3.92. The SMILES string of the molecule is Cc1nc(NC2(CCl)CCCC(C)C2)sc1C. The molecule has 1 aliphatic rings. The maximum atomic E-state index is 6.21. The summed E-state index contributed by atoms with van der Waals surface area (Å²) in [4.78, 5) is 5.86. The van der Waals surface area contributed by atoms with Crippen LogP contribution in [0.2, 0.25) is 0 Å². The summed E-state index contributed by atoms with van der Waals surface area (Å²) in [6, 6.07) is 0. The van der Waals surface area contributed by atoms with E-state index in [4.69, 9.17) is 11.6 Å². The first kappa shape index (κ1) is 13.2. The predicted molar refractivity (Wildman–Crippen MR) is 76.3 cm³/mol. The number of thiazole rings is 1. The van der Waals surface area contributed by atoms with Gasteiger partial charge in [0.05, 0.1) is 11.2 Å². The summed E-state index contributed by atoms with van der Waals surface area (Å²) in [6.07, 6.45) is 4.92. The zero-order chi connectivity index (χ0) is 12.5. The third-order valence-corrected chi connectivity index (χ3v) is 5.25. The van der Waals surface area contributed by atoms with Gasteiger partial charge in [0.1, 0.15) is 0 Å². The van der Waals surface area contributed by atoms with Crippen molar-refractivity contribution < 1.29 is 0 Å². The molecule has 1 aromatic heterocycles. The van der Waals surface area contributed by atoms with Crippen molar-refractivity contribution in [1.82, 2.24) is 4.98 Å². The van der Waals surface area contributed by atoms with Crippen LogP contribution in [-0.4, -0.2) is 16.4 Å². The summed E-state index contributed by atoms with van der Waals surface area (Å²) >= 11 is 7.96. The molecule has 2 atom stereocenters. The van der Waals surface area contributed by atoms with Crippen LogP contribution in [0, 0.1) is 19.8 Å². The summed E-state index contributed by atoms with van der Waals surface area (Å²) in [7, 11) is 0. The van der Waals surface area contributed by atoms with Gasteiger partial charge in [-0.05, 0) is 32.6 Å². The Bertz CT molecular complexity index is 371. The molecule has 0 aromatic carbocycles. The van der Waals surface area contributed by atoms with E-state index in [9.17, 15) is 0 Å². The van der Waals surface area contributed by atoms with E-state index in [0.717, 1.165) is 23.2 Å². The van der Waals surface area contributed by atoms with Gasteiger partial charge in [0.25, 0.3) is 0 Å². The number of hydrogen-bond donors (Lipinski definition) is 1. The average molecular weight is 273 g/mol. The quantitative estimate of drug-likeness (QED) is 0.827. The highest BCUT2D eigenvalue weighted by Crippen LogP contribution is 2.37. The summed E-state index contributed by atoms with van der Waals surface area (Å²) in [6.45, 7) is 6.50. The Kier molecular flexibility index (Phi) is 3.99. The highest BCUT2D eigenvalue weighted by atomic mass is 35.5. The molecule has 0 radical (unpaired) electrons. The monoisotopic (exact) mass is 272 g/mol. The van der Waals surface area contributed by atoms with Gasteiger partial charge >= 0.3 is 0 Å². The first-order valence-electron chi connectivity index (χ1n) is 6.33. The fourth-order valence-electron chi connectivity index (χ4n) is 2.68. The van der Waals surface area contributed by atoms with Crippen LogP contribution in [0.5, 0.6) is 0 Å². The van der Waals surface area contributed by atoms with Crippen molar-refractivity contribution in [3.05, 3.63) is 10.6 Å². The second-order valence-corrected chi connectivity index (χ2v) is 6.87. The van der Waals surface area contributed by atoms with Crippen LogP contribution < -0.4 is 5.32 Å². The molecule has 1 fully saturated rings. The number of nitrogens with zero attached hydrogens (tertiary/aromatic N) is 1. The van der Waals surface area contributed by atoms with Crippen molar-refractivity contribution in [3.8, 4) is 0 Å². The van der Waals surface area contributed by atoms with E-state index in [2.05, 4.69) is 31.1 Å². The normalized spacial score (nSPS) is 29.3. The van der Waals surface area contributed by atoms with Crippen LogP contribution in [0.15, 0.2) is 0 Å². The topological polar surface area (TPSA) is 24.9 Å². The lowest BCUT2D eigenvalue weighted by molar-refractivity contribution is 0.279. The van der Waals surface area contributed by atoms with E-state index in [1.54, 1.807) is 11.3 Å². The van der Waals surface area contributed by atoms with Crippen molar-refractivity contribution in [2.75, 3.05) is 11.2 Å². The van der Waals surface area contributed by atoms with Crippen molar-refractivity contribution in [3.63, 3.8) is 0 Å². The second-order valence-electron chi connectivity index (χ2n) is 5.40. The van der Waals surface area contributed by atoms with Crippen molar-refractivity contribution >= 4 is 28.1 Å². The number of halogens is 1. The van der Waals surface area contributed by atoms with E-state index in [0.29, 0.717) is 5.88 Å². The lowest BCUT2D eigenvalue weighted by Gasteiger charge is -2.39. The predicted octanol–water partition coefficient (Wildman–Crippen LogP) is 4.36. The van der Waals surface area contributed by atoms with Gasteiger partial charge in [-0.3, -0.25) is 0 Å². The Morgan fingerprint density at radius 3 is 2.82 bits per heavy atom. The zero-order valence-electron chi connectivity index (χ0n) is 10.8. The molecule has 4 heteroatoms. The molecule has 1 aliphatic carbocycles. The highest BCUT2D eigenvalue weighted by Gasteiger charge is 2.34. The maximum Gasteiger partial charge on any atom is 0.183 e. The molecular formula is C13H21ClN2S. The van der Waals surface area contributed by atoms with Crippen LogP contribution in [-0.2, 0) is 0 Å². The summed E-state index contributed by atoms with van der Waals surface area (Å²) in [5.41, 5.74) is 1.20. The molecule has 2 rings (SSSR count). The Morgan fingerprint density at radius 1 is 1.53 bits per heavy atom. The minimum atomic E-state index is 0.0654. The number of anilines is 1. The molecule has 0 saturated heterocycles. The smallest absolute Gasteiger partial charge is 0.183 e. The van der Waals surface area contributed by atoms with Gasteiger partial charge in [-0.2, -0.15) is 0 Å². The minimum absolute atomic E-state index is 0.0654. The first-order valence-corrected chi connectivity index (χ1v) is 7.68. The van der Waals surface area contributed by atoms with E-state index >= 15 is 0 Å². The van der Waals surface area contributed by atoms with Crippen LogP contribution >= 0.6 is 22.9 Å². The number of hydrogen-bond acceptors (Lipinski definition) is 3. The molecule has 0 bridgehead atoms. The Hall–Kier alpha value is -0.280. The van der Waals surface area contributed by atoms with Gasteiger partial charge in [0, 0.05) is 10.8 Å². The number of aryl methyl sites for hydroxylation is 2. The Morgan fingerprint density at radius 2 is 2.29 bits per heavy atom. The molecule has 1 aromatic rings. The molecule has 17 heavy (non-hydrogen) atoms. The number of aromatic nitrogens is 1. The van der Waals surface area contributed by atoms with Crippen molar-refractivity contribution in [2.45, 2.75) is 52.0 Å². The number of rotatable bonds is 3. The summed E-state index contributed by atoms with van der Waals surface area (Å²) < 4.78 is 0. The zero-order valence-corrected chi connectivity index (χ0v) is 12.4. The van der Waals surface area contributed by atoms with E-state index in [1.807, 2.05) is 0 Å². The first-order chi connectivity index (χ1) is 8.04. The third-order valence-electron chi connectivity index (χ3n) is 3.75. The molecule has 96 valence electrons. The van der Waals surface area contributed by atoms with Gasteiger partial charge in [-0.15, -0.1) is 22.9 Å². The summed E-state index contributed by atoms with van der Waals surface area (Å²) in [5, 5.41) is 4.65. The van der Waals surface area contributed by atoms with Gasteiger partial charge in [-0.1, -0.05) is 19.8 Å². The molecule has 0 aliphatic heterocycles. The van der Waals surface area contributed by atoms with Gasteiger partial charge in [0.15, 0.2) is 5.13 Å². The Balaban J connectivity index is 2.13. The highest BCUT2D eigenvalue weighted by molar-refractivity contribution is 7.15. The lowest BCUT2D eigenvalue weighted by atomic mass is 9.77. The van der Waals surface area contributed by atoms with Crippen LogP contribution in [0.25, 0.3) is 0 Å². The van der Waals surface area contributed by atoms with E-state index in [1.165, 1.54) is 24.1 Å². The van der Waals surface area contributed by atoms with E-state index < -0.39 is 0 Å². The van der Waals surface area contributed by atoms with Gasteiger partial charge < -0.3 is 5.32 Å². The number of alkyl halides is 1. The largest absolute Gasteiger partial charge is 0.355 e. The molecule has 1 saturated carbocycles. The maximum absolute atomic E-state index is 6.21. The van der Waals surface area contributed by atoms with Gasteiger partial charge in [0.2, 0.25) is 0 Å². The third kappa shape index (κ3) is 2.94. The van der Waals surface area contributed by atoms with Crippen LogP contribution in [0.3, 0.4) is 0 Å². The van der Waals surface area contributed by atoms with E-state index in [-0.39, 0.29) is 5.54 Å². The fraction of sp³-hybridized carbons (Fsp3) is 0.769. The molecule has 2 unspecified atom stereocenters. The van der Waals surface area contributed by atoms with Crippen molar-refractivity contribution in [1.29, 1.82) is 0 Å². The second kappa shape index (κ2) is 5.15. The molecule has 0 spiro atoms. The molecule has 0 amide bonds. The standard InChI is InChI=1S/C13H21ClN2S/c1-9-5-4-6-13(7-9,8-14)16-12-15-10(2)11(3)17-12/h9H,4-8H2,1-3H3,(H,15,16). The summed E-state index contributed by atoms with van der Waals surface area (Å²) in [5.74, 6) is 1.44. The molecular weight excluding hydrogens is 252 g/mol. The average Bonchev–Trinajstić information content (AvgIpc) is 2.57. The van der Waals surface area contributed by atoms with Gasteiger partial charge in [-0.25, -0.2) is 4.98 Å². The molecule has 2 nitrogen and oxygen atoms in total. The lowest BCUT2D eigenvalue weighted by Crippen LogP contribution is -2.44. The van der Waals surface area contributed by atoms with Crippen LogP contribution in [0.1, 0.15) is 43.2 Å². The minimum Gasteiger partial charge on any atom is -0.355 e. The number of nitrogens with one attached hydrogen (secondary N) is 1. The van der Waals surface area contributed by atoms with Crippen molar-refractivity contribution in [2.24, 2.45) is 5.92 Å². The Labute approximate surface area is 113 Å². The molecule has 1 N–H and O–H groups in total. The van der Waals surface area contributed by atoms with Crippen LogP contribution in [0.4, 0.5) is 5.13 Å².